The number of halogens is 4. The molecule has 29 heavy (non-hydrogen) atoms. The molecule has 0 aliphatic carbocycles. The summed E-state index contributed by atoms with van der Waals surface area (Å²) in [5.41, 5.74) is 0.169. The van der Waals surface area contributed by atoms with E-state index in [1.54, 1.807) is 24.3 Å². The van der Waals surface area contributed by atoms with Gasteiger partial charge in [0.2, 0.25) is 0 Å². The van der Waals surface area contributed by atoms with Crippen molar-refractivity contribution in [3.8, 4) is 5.75 Å². The second kappa shape index (κ2) is 8.23. The summed E-state index contributed by atoms with van der Waals surface area (Å²) >= 11 is 6.15. The minimum absolute atomic E-state index is 0.0499. The molecule has 1 saturated heterocycles. The standard InChI is InChI=1S/C19H17ClF3NO4S/c20-15-7-3-1-5-13(15)17-9-10-24(11-12-29(17,26)27)18(25)14-6-2-4-8-16(14)28-19(21,22)23/h1-8,17H,9-12H2/t17-/m1/s1. The van der Waals surface area contributed by atoms with E-state index in [9.17, 15) is 26.4 Å². The number of para-hydroxylation sites is 1. The van der Waals surface area contributed by atoms with E-state index in [-0.39, 0.29) is 30.8 Å². The summed E-state index contributed by atoms with van der Waals surface area (Å²) in [6.45, 7) is -0.0865. The molecule has 2 aromatic rings. The van der Waals surface area contributed by atoms with Crippen LogP contribution >= 0.6 is 11.6 Å². The van der Waals surface area contributed by atoms with E-state index in [2.05, 4.69) is 4.74 Å². The van der Waals surface area contributed by atoms with Crippen molar-refractivity contribution in [2.75, 3.05) is 18.8 Å². The summed E-state index contributed by atoms with van der Waals surface area (Å²) in [7, 11) is -3.61. The third-order valence-corrected chi connectivity index (χ3v) is 7.08. The lowest BCUT2D eigenvalue weighted by atomic mass is 10.1. The Morgan fingerprint density at radius 1 is 1.07 bits per heavy atom. The molecule has 1 aliphatic heterocycles. The van der Waals surface area contributed by atoms with Crippen LogP contribution in [0.4, 0.5) is 13.2 Å². The van der Waals surface area contributed by atoms with Crippen molar-refractivity contribution in [1.82, 2.24) is 4.90 Å². The van der Waals surface area contributed by atoms with E-state index >= 15 is 0 Å². The summed E-state index contributed by atoms with van der Waals surface area (Å²) in [5, 5.41) is -0.583. The van der Waals surface area contributed by atoms with Gasteiger partial charge in [0.25, 0.3) is 5.91 Å². The van der Waals surface area contributed by atoms with E-state index in [0.29, 0.717) is 10.6 Å². The van der Waals surface area contributed by atoms with Gasteiger partial charge in [0.15, 0.2) is 9.84 Å². The van der Waals surface area contributed by atoms with Gasteiger partial charge >= 0.3 is 6.36 Å². The van der Waals surface area contributed by atoms with Crippen LogP contribution in [0.2, 0.25) is 5.02 Å². The Kier molecular flexibility index (Phi) is 6.09. The first kappa shape index (κ1) is 21.4. The second-order valence-electron chi connectivity index (χ2n) is 6.50. The SMILES string of the molecule is O=C(c1ccccc1OC(F)(F)F)N1CC[C@H](c2ccccc2Cl)S(=O)(=O)CC1. The van der Waals surface area contributed by atoms with Gasteiger partial charge in [0.05, 0.1) is 16.6 Å². The molecule has 156 valence electrons. The molecule has 0 aromatic heterocycles. The Morgan fingerprint density at radius 3 is 2.41 bits per heavy atom. The van der Waals surface area contributed by atoms with Gasteiger partial charge in [-0.05, 0) is 30.2 Å². The zero-order valence-corrected chi connectivity index (χ0v) is 16.6. The van der Waals surface area contributed by atoms with Crippen molar-refractivity contribution in [2.45, 2.75) is 18.0 Å². The van der Waals surface area contributed by atoms with Crippen molar-refractivity contribution in [3.63, 3.8) is 0 Å². The van der Waals surface area contributed by atoms with Gasteiger partial charge in [-0.15, -0.1) is 13.2 Å². The lowest BCUT2D eigenvalue weighted by Crippen LogP contribution is -2.34. The number of carbonyl (C=O) groups is 1. The molecule has 1 amide bonds. The van der Waals surface area contributed by atoms with E-state index in [1.165, 1.54) is 23.1 Å². The molecule has 1 aliphatic rings. The van der Waals surface area contributed by atoms with Gasteiger partial charge in [-0.1, -0.05) is 41.9 Å². The highest BCUT2D eigenvalue weighted by Crippen LogP contribution is 2.34. The highest BCUT2D eigenvalue weighted by molar-refractivity contribution is 7.91. The molecule has 1 atom stereocenters. The summed E-state index contributed by atoms with van der Waals surface area (Å²) in [6, 6.07) is 11.6. The topological polar surface area (TPSA) is 63.7 Å². The molecule has 0 saturated carbocycles. The van der Waals surface area contributed by atoms with Gasteiger partial charge in [-0.3, -0.25) is 4.79 Å². The van der Waals surface area contributed by atoms with Crippen molar-refractivity contribution in [2.24, 2.45) is 0 Å². The number of benzene rings is 2. The van der Waals surface area contributed by atoms with Crippen LogP contribution in [0.25, 0.3) is 0 Å². The molecule has 2 aromatic carbocycles. The molecule has 0 bridgehead atoms. The first-order valence-electron chi connectivity index (χ1n) is 8.68. The molecule has 10 heteroatoms. The molecular formula is C19H17ClF3NO4S. The van der Waals surface area contributed by atoms with Crippen LogP contribution in [0.5, 0.6) is 5.75 Å². The number of carbonyl (C=O) groups excluding carboxylic acids is 1. The molecular weight excluding hydrogens is 431 g/mol. The summed E-state index contributed by atoms with van der Waals surface area (Å²) < 4.78 is 67.3. The van der Waals surface area contributed by atoms with Gasteiger partial charge < -0.3 is 9.64 Å². The largest absolute Gasteiger partial charge is 0.573 e. The molecule has 0 radical (unpaired) electrons. The number of nitrogens with zero attached hydrogens (tertiary/aromatic N) is 1. The summed E-state index contributed by atoms with van der Waals surface area (Å²) in [4.78, 5) is 14.1. The Labute approximate surface area is 170 Å². The van der Waals surface area contributed by atoms with Crippen LogP contribution in [-0.2, 0) is 9.84 Å². The average molecular weight is 448 g/mol. The Morgan fingerprint density at radius 2 is 1.72 bits per heavy atom. The van der Waals surface area contributed by atoms with E-state index < -0.39 is 33.1 Å². The molecule has 0 unspecified atom stereocenters. The van der Waals surface area contributed by atoms with Crippen molar-refractivity contribution in [1.29, 1.82) is 0 Å². The summed E-state index contributed by atoms with van der Waals surface area (Å²) in [5.74, 6) is -1.67. The van der Waals surface area contributed by atoms with E-state index in [0.717, 1.165) is 6.07 Å². The zero-order chi connectivity index (χ0) is 21.2. The van der Waals surface area contributed by atoms with Gasteiger partial charge in [-0.25, -0.2) is 8.42 Å². The fraction of sp³-hybridized carbons (Fsp3) is 0.316. The number of alkyl halides is 3. The third kappa shape index (κ3) is 5.02. The molecule has 1 heterocycles. The highest BCUT2D eigenvalue weighted by atomic mass is 35.5. The summed E-state index contributed by atoms with van der Waals surface area (Å²) in [6.07, 6.45) is -4.87. The predicted molar refractivity (Wildman–Crippen MR) is 102 cm³/mol. The first-order chi connectivity index (χ1) is 13.6. The Hall–Kier alpha value is -2.26. The van der Waals surface area contributed by atoms with Crippen LogP contribution in [0.3, 0.4) is 0 Å². The van der Waals surface area contributed by atoms with Crippen LogP contribution in [0.15, 0.2) is 48.5 Å². The monoisotopic (exact) mass is 447 g/mol. The van der Waals surface area contributed by atoms with Gasteiger partial charge in [0.1, 0.15) is 5.75 Å². The van der Waals surface area contributed by atoms with E-state index in [1.807, 2.05) is 0 Å². The van der Waals surface area contributed by atoms with Crippen molar-refractivity contribution >= 4 is 27.3 Å². The smallest absolute Gasteiger partial charge is 0.405 e. The van der Waals surface area contributed by atoms with Gasteiger partial charge in [-0.2, -0.15) is 0 Å². The number of sulfone groups is 1. The molecule has 5 nitrogen and oxygen atoms in total. The second-order valence-corrected chi connectivity index (χ2v) is 9.21. The fourth-order valence-electron chi connectivity index (χ4n) is 3.26. The molecule has 3 rings (SSSR count). The maximum Gasteiger partial charge on any atom is 0.573 e. The number of rotatable bonds is 3. The maximum absolute atomic E-state index is 12.8. The quantitative estimate of drug-likeness (QED) is 0.706. The molecule has 0 spiro atoms. The Bertz CT molecular complexity index is 1010. The minimum atomic E-state index is -4.95. The fourth-order valence-corrected chi connectivity index (χ4v) is 5.41. The average Bonchev–Trinajstić information content (AvgIpc) is 2.79. The lowest BCUT2D eigenvalue weighted by Gasteiger charge is -2.22. The van der Waals surface area contributed by atoms with Crippen LogP contribution < -0.4 is 4.74 Å². The number of amides is 1. The van der Waals surface area contributed by atoms with E-state index in [4.69, 9.17) is 11.6 Å². The maximum atomic E-state index is 12.8. The van der Waals surface area contributed by atoms with Crippen LogP contribution in [-0.4, -0.2) is 44.4 Å². The minimum Gasteiger partial charge on any atom is -0.405 e. The van der Waals surface area contributed by atoms with Gasteiger partial charge in [0, 0.05) is 18.1 Å². The number of hydrogen-bond acceptors (Lipinski definition) is 4. The van der Waals surface area contributed by atoms with Crippen molar-refractivity contribution < 1.29 is 31.1 Å². The normalized spacial score (nSPS) is 19.4. The molecule has 0 N–H and O–H groups in total. The number of ether oxygens (including phenoxy) is 1. The lowest BCUT2D eigenvalue weighted by molar-refractivity contribution is -0.274. The van der Waals surface area contributed by atoms with Crippen LogP contribution in [0, 0.1) is 0 Å². The van der Waals surface area contributed by atoms with Crippen LogP contribution in [0.1, 0.15) is 27.6 Å². The predicted octanol–water partition coefficient (Wildman–Crippen LogP) is 4.24. The number of hydrogen-bond donors (Lipinski definition) is 0. The van der Waals surface area contributed by atoms with Crippen molar-refractivity contribution in [3.05, 3.63) is 64.7 Å². The first-order valence-corrected chi connectivity index (χ1v) is 10.8. The zero-order valence-electron chi connectivity index (χ0n) is 15.0. The molecule has 1 fully saturated rings. The highest BCUT2D eigenvalue weighted by Gasteiger charge is 2.36. The third-order valence-electron chi connectivity index (χ3n) is 4.62. The Balaban J connectivity index is 1.86.